The molecule has 2 aromatic rings. The van der Waals surface area contributed by atoms with E-state index in [1.807, 2.05) is 0 Å². The molecule has 0 amide bonds. The summed E-state index contributed by atoms with van der Waals surface area (Å²) in [5, 5.41) is 2.93. The fraction of sp³-hybridized carbons (Fsp3) is 0.375. The van der Waals surface area contributed by atoms with Gasteiger partial charge in [-0.15, -0.1) is 0 Å². The summed E-state index contributed by atoms with van der Waals surface area (Å²) in [6, 6.07) is 11.3. The Morgan fingerprint density at radius 3 is 2.88 bits per heavy atom. The molecule has 0 heteroatoms. The Morgan fingerprint density at radius 2 is 2.00 bits per heavy atom. The maximum absolute atomic E-state index is 2.41. The van der Waals surface area contributed by atoms with Crippen molar-refractivity contribution in [1.29, 1.82) is 0 Å². The zero-order valence-electron chi connectivity index (χ0n) is 9.92. The van der Waals surface area contributed by atoms with E-state index in [0.29, 0.717) is 0 Å². The summed E-state index contributed by atoms with van der Waals surface area (Å²) in [6.07, 6.45) is 6.43. The van der Waals surface area contributed by atoms with Gasteiger partial charge >= 0.3 is 0 Å². The van der Waals surface area contributed by atoms with Gasteiger partial charge in [0.25, 0.3) is 0 Å². The van der Waals surface area contributed by atoms with E-state index in [1.54, 1.807) is 16.7 Å². The quantitative estimate of drug-likeness (QED) is 0.694. The van der Waals surface area contributed by atoms with Gasteiger partial charge in [0, 0.05) is 0 Å². The molecule has 0 aliphatic heterocycles. The van der Waals surface area contributed by atoms with Crippen LogP contribution in [0.2, 0.25) is 0 Å². The molecule has 0 fully saturated rings. The first kappa shape index (κ1) is 9.89. The minimum Gasteiger partial charge on any atom is -0.0651 e. The topological polar surface area (TPSA) is 0 Å². The van der Waals surface area contributed by atoms with Crippen LogP contribution in [0.25, 0.3) is 10.8 Å². The second kappa shape index (κ2) is 3.93. The van der Waals surface area contributed by atoms with Crippen LogP contribution in [0.3, 0.4) is 0 Å². The Morgan fingerprint density at radius 1 is 1.12 bits per heavy atom. The van der Waals surface area contributed by atoms with E-state index < -0.39 is 0 Å². The molecular formula is C16H18. The molecule has 82 valence electrons. The SMILES string of the molecule is CCCc1c2c(cc3ccccc13)CCC2. The molecule has 0 spiro atoms. The minimum atomic E-state index is 1.24. The first-order valence-electron chi connectivity index (χ1n) is 6.42. The molecule has 2 aromatic carbocycles. The summed E-state index contributed by atoms with van der Waals surface area (Å²) < 4.78 is 0. The third-order valence-corrected chi connectivity index (χ3v) is 3.74. The zero-order valence-corrected chi connectivity index (χ0v) is 9.92. The molecule has 0 atom stereocenters. The van der Waals surface area contributed by atoms with Gasteiger partial charge in [-0.05, 0) is 53.1 Å². The molecule has 0 saturated heterocycles. The predicted molar refractivity (Wildman–Crippen MR) is 70.0 cm³/mol. The van der Waals surface area contributed by atoms with Crippen molar-refractivity contribution >= 4 is 10.8 Å². The average molecular weight is 210 g/mol. The highest BCUT2D eigenvalue weighted by molar-refractivity contribution is 5.88. The van der Waals surface area contributed by atoms with E-state index in [1.165, 1.54) is 42.9 Å². The molecule has 1 aliphatic carbocycles. The van der Waals surface area contributed by atoms with E-state index >= 15 is 0 Å². The van der Waals surface area contributed by atoms with E-state index in [0.717, 1.165) is 0 Å². The van der Waals surface area contributed by atoms with Crippen LogP contribution in [-0.4, -0.2) is 0 Å². The second-order valence-electron chi connectivity index (χ2n) is 4.82. The van der Waals surface area contributed by atoms with Crippen molar-refractivity contribution < 1.29 is 0 Å². The lowest BCUT2D eigenvalue weighted by molar-refractivity contribution is 0.885. The van der Waals surface area contributed by atoms with Crippen LogP contribution in [-0.2, 0) is 19.3 Å². The van der Waals surface area contributed by atoms with Crippen LogP contribution in [0.1, 0.15) is 36.5 Å². The molecule has 16 heavy (non-hydrogen) atoms. The first-order chi connectivity index (χ1) is 7.90. The standard InChI is InChI=1S/C16H18/c1-2-6-16-14-9-4-3-7-12(14)11-13-8-5-10-15(13)16/h3-4,7,9,11H,2,5-6,8,10H2,1H3. The Labute approximate surface area is 97.3 Å². The maximum Gasteiger partial charge on any atom is -0.0149 e. The lowest BCUT2D eigenvalue weighted by Crippen LogP contribution is -1.95. The van der Waals surface area contributed by atoms with Gasteiger partial charge in [-0.3, -0.25) is 0 Å². The van der Waals surface area contributed by atoms with Crippen molar-refractivity contribution in [1.82, 2.24) is 0 Å². The Balaban J connectivity index is 2.32. The van der Waals surface area contributed by atoms with E-state index in [2.05, 4.69) is 37.3 Å². The van der Waals surface area contributed by atoms with Crippen molar-refractivity contribution in [2.24, 2.45) is 0 Å². The van der Waals surface area contributed by atoms with Gasteiger partial charge in [0.05, 0.1) is 0 Å². The first-order valence-corrected chi connectivity index (χ1v) is 6.42. The molecule has 3 rings (SSSR count). The van der Waals surface area contributed by atoms with E-state index in [-0.39, 0.29) is 0 Å². The monoisotopic (exact) mass is 210 g/mol. The predicted octanol–water partition coefficient (Wildman–Crippen LogP) is 4.28. The van der Waals surface area contributed by atoms with Crippen molar-refractivity contribution in [3.63, 3.8) is 0 Å². The number of aryl methyl sites for hydroxylation is 2. The molecule has 1 aliphatic rings. The van der Waals surface area contributed by atoms with Gasteiger partial charge in [-0.1, -0.05) is 43.7 Å². The van der Waals surface area contributed by atoms with Crippen molar-refractivity contribution in [2.45, 2.75) is 39.0 Å². The summed E-state index contributed by atoms with van der Waals surface area (Å²) >= 11 is 0. The minimum absolute atomic E-state index is 1.24. The third kappa shape index (κ3) is 1.44. The summed E-state index contributed by atoms with van der Waals surface area (Å²) in [4.78, 5) is 0. The van der Waals surface area contributed by atoms with Gasteiger partial charge in [-0.25, -0.2) is 0 Å². The van der Waals surface area contributed by atoms with Gasteiger partial charge in [0.15, 0.2) is 0 Å². The van der Waals surface area contributed by atoms with Crippen LogP contribution in [0.15, 0.2) is 30.3 Å². The fourth-order valence-electron chi connectivity index (χ4n) is 3.05. The molecule has 0 nitrogen and oxygen atoms in total. The molecule has 0 unspecified atom stereocenters. The summed E-state index contributed by atoms with van der Waals surface area (Å²) in [7, 11) is 0. The molecule has 0 heterocycles. The van der Waals surface area contributed by atoms with Crippen LogP contribution in [0.4, 0.5) is 0 Å². The highest BCUT2D eigenvalue weighted by Gasteiger charge is 2.16. The molecule has 0 radical (unpaired) electrons. The highest BCUT2D eigenvalue weighted by Crippen LogP contribution is 2.32. The van der Waals surface area contributed by atoms with Crippen LogP contribution in [0.5, 0.6) is 0 Å². The molecule has 0 saturated carbocycles. The van der Waals surface area contributed by atoms with Gasteiger partial charge < -0.3 is 0 Å². The number of hydrogen-bond donors (Lipinski definition) is 0. The lowest BCUT2D eigenvalue weighted by atomic mass is 9.93. The van der Waals surface area contributed by atoms with E-state index in [4.69, 9.17) is 0 Å². The third-order valence-electron chi connectivity index (χ3n) is 3.74. The van der Waals surface area contributed by atoms with Gasteiger partial charge in [0.1, 0.15) is 0 Å². The molecular weight excluding hydrogens is 192 g/mol. The zero-order chi connectivity index (χ0) is 11.0. The molecule has 0 N–H and O–H groups in total. The van der Waals surface area contributed by atoms with Crippen molar-refractivity contribution in [3.8, 4) is 0 Å². The normalized spacial score (nSPS) is 14.3. The maximum atomic E-state index is 2.41. The fourth-order valence-corrected chi connectivity index (χ4v) is 3.05. The Kier molecular flexibility index (Phi) is 2.43. The Bertz CT molecular complexity index is 523. The highest BCUT2D eigenvalue weighted by atomic mass is 14.2. The lowest BCUT2D eigenvalue weighted by Gasteiger charge is -2.12. The Hall–Kier alpha value is -1.30. The smallest absolute Gasteiger partial charge is 0.0149 e. The van der Waals surface area contributed by atoms with Crippen LogP contribution < -0.4 is 0 Å². The average Bonchev–Trinajstić information content (AvgIpc) is 2.77. The van der Waals surface area contributed by atoms with Crippen molar-refractivity contribution in [2.75, 3.05) is 0 Å². The molecule has 0 aromatic heterocycles. The largest absolute Gasteiger partial charge is 0.0651 e. The van der Waals surface area contributed by atoms with Crippen LogP contribution >= 0.6 is 0 Å². The number of hydrogen-bond acceptors (Lipinski definition) is 0. The second-order valence-corrected chi connectivity index (χ2v) is 4.82. The summed E-state index contributed by atoms with van der Waals surface area (Å²) in [6.45, 7) is 2.28. The van der Waals surface area contributed by atoms with Gasteiger partial charge in [-0.2, -0.15) is 0 Å². The van der Waals surface area contributed by atoms with E-state index in [9.17, 15) is 0 Å². The number of benzene rings is 2. The van der Waals surface area contributed by atoms with Crippen LogP contribution in [0, 0.1) is 0 Å². The van der Waals surface area contributed by atoms with Gasteiger partial charge in [0.2, 0.25) is 0 Å². The summed E-state index contributed by atoms with van der Waals surface area (Å²) in [5.74, 6) is 0. The molecule has 0 bridgehead atoms. The number of rotatable bonds is 2. The summed E-state index contributed by atoms with van der Waals surface area (Å²) in [5.41, 5.74) is 4.91. The number of fused-ring (bicyclic) bond motifs is 2. The van der Waals surface area contributed by atoms with Crippen molar-refractivity contribution in [3.05, 3.63) is 47.0 Å².